The van der Waals surface area contributed by atoms with Crippen LogP contribution in [0.5, 0.6) is 11.5 Å². The first-order valence-corrected chi connectivity index (χ1v) is 11.4. The van der Waals surface area contributed by atoms with Crippen LogP contribution < -0.4 is 25.5 Å². The number of methoxy groups -OCH3 is 1. The summed E-state index contributed by atoms with van der Waals surface area (Å²) in [7, 11) is 1.41. The second kappa shape index (κ2) is 10.0. The molecule has 0 aliphatic heterocycles. The quantitative estimate of drug-likeness (QED) is 0.277. The Bertz CT molecular complexity index is 1530. The molecular weight excluding hydrogens is 496 g/mol. The number of carbonyl (C=O) groups excluding carboxylic acids is 1. The fourth-order valence-electron chi connectivity index (χ4n) is 3.30. The SMILES string of the molecule is COc1cc(/C=c2\sc3nc(-c4ccc(C(=O)NCCNC(=O)O)cc4)cn3c2=O)cc(Cl)c1O. The molecule has 2 aromatic heterocycles. The van der Waals surface area contributed by atoms with Gasteiger partial charge in [0.05, 0.1) is 22.4 Å². The molecule has 0 radical (unpaired) electrons. The summed E-state index contributed by atoms with van der Waals surface area (Å²) in [6.45, 7) is 0.272. The second-order valence-corrected chi connectivity index (χ2v) is 8.73. The molecule has 180 valence electrons. The number of phenolic OH excluding ortho intramolecular Hbond substituents is 1. The first kappa shape index (κ1) is 24.0. The molecule has 4 N–H and O–H groups in total. The highest BCUT2D eigenvalue weighted by molar-refractivity contribution is 7.15. The van der Waals surface area contributed by atoms with Crippen molar-refractivity contribution in [3.05, 3.63) is 73.6 Å². The Hall–Kier alpha value is -4.09. The third kappa shape index (κ3) is 5.20. The normalized spacial score (nSPS) is 11.5. The van der Waals surface area contributed by atoms with Crippen molar-refractivity contribution in [3.63, 3.8) is 0 Å². The van der Waals surface area contributed by atoms with E-state index in [9.17, 15) is 19.5 Å². The number of imidazole rings is 1. The number of nitrogens with zero attached hydrogens (tertiary/aromatic N) is 2. The van der Waals surface area contributed by atoms with Crippen LogP contribution in [0.1, 0.15) is 15.9 Å². The topological polar surface area (TPSA) is 142 Å². The van der Waals surface area contributed by atoms with E-state index in [0.29, 0.717) is 26.3 Å². The number of carboxylic acid groups (broad SMARTS) is 1. The van der Waals surface area contributed by atoms with Crippen LogP contribution in [0.3, 0.4) is 0 Å². The van der Waals surface area contributed by atoms with Crippen molar-refractivity contribution in [1.82, 2.24) is 20.0 Å². The molecule has 0 spiro atoms. The molecule has 0 atom stereocenters. The van der Waals surface area contributed by atoms with Gasteiger partial charge in [0.15, 0.2) is 16.5 Å². The zero-order valence-corrected chi connectivity index (χ0v) is 19.8. The Labute approximate surface area is 207 Å². The molecule has 35 heavy (non-hydrogen) atoms. The van der Waals surface area contributed by atoms with Crippen molar-refractivity contribution in [2.24, 2.45) is 0 Å². The number of nitrogens with one attached hydrogen (secondary N) is 2. The van der Waals surface area contributed by atoms with E-state index in [0.717, 1.165) is 5.56 Å². The standard InChI is InChI=1S/C23H19ClN4O6S/c1-34-17-9-12(8-15(24)19(17)29)10-18-21(31)28-11-16(27-22(28)35-18)13-2-4-14(5-3-13)20(30)25-6-7-26-23(32)33/h2-5,8-11,26,29H,6-7H2,1H3,(H,25,30)(H,32,33)/b18-10-. The fraction of sp³-hybridized carbons (Fsp3) is 0.130. The highest BCUT2D eigenvalue weighted by Gasteiger charge is 2.13. The first-order valence-electron chi connectivity index (χ1n) is 10.2. The van der Waals surface area contributed by atoms with Crippen LogP contribution >= 0.6 is 22.9 Å². The number of aromatic nitrogens is 2. The molecule has 0 fully saturated rings. The van der Waals surface area contributed by atoms with Crippen molar-refractivity contribution < 1.29 is 24.5 Å². The van der Waals surface area contributed by atoms with Crippen LogP contribution in [-0.2, 0) is 0 Å². The van der Waals surface area contributed by atoms with Gasteiger partial charge in [-0.1, -0.05) is 35.1 Å². The van der Waals surface area contributed by atoms with Crippen LogP contribution in [-0.4, -0.2) is 51.8 Å². The Morgan fingerprint density at radius 2 is 1.91 bits per heavy atom. The van der Waals surface area contributed by atoms with Gasteiger partial charge in [-0.05, 0) is 35.9 Å². The summed E-state index contributed by atoms with van der Waals surface area (Å²) in [6, 6.07) is 9.81. The molecule has 2 aromatic carbocycles. The van der Waals surface area contributed by atoms with Crippen LogP contribution in [0, 0.1) is 0 Å². The van der Waals surface area contributed by atoms with Gasteiger partial charge in [-0.15, -0.1) is 0 Å². The third-order valence-electron chi connectivity index (χ3n) is 5.00. The van der Waals surface area contributed by atoms with Crippen molar-refractivity contribution >= 4 is 46.0 Å². The van der Waals surface area contributed by atoms with Crippen molar-refractivity contribution in [2.75, 3.05) is 20.2 Å². The molecule has 0 aliphatic rings. The second-order valence-electron chi connectivity index (χ2n) is 7.31. The fourth-order valence-corrected chi connectivity index (χ4v) is 4.47. The van der Waals surface area contributed by atoms with Gasteiger partial charge < -0.3 is 25.6 Å². The lowest BCUT2D eigenvalue weighted by molar-refractivity contribution is 0.0953. The Kier molecular flexibility index (Phi) is 6.90. The smallest absolute Gasteiger partial charge is 0.404 e. The summed E-state index contributed by atoms with van der Waals surface area (Å²) in [4.78, 5) is 40.5. The molecule has 0 saturated carbocycles. The number of rotatable bonds is 7. The molecule has 0 unspecified atom stereocenters. The zero-order valence-electron chi connectivity index (χ0n) is 18.2. The molecule has 4 aromatic rings. The average molecular weight is 515 g/mol. The predicted octanol–water partition coefficient (Wildman–Crippen LogP) is 2.34. The Morgan fingerprint density at radius 3 is 2.57 bits per heavy atom. The highest BCUT2D eigenvalue weighted by atomic mass is 35.5. The van der Waals surface area contributed by atoms with Gasteiger partial charge in [-0.2, -0.15) is 0 Å². The molecule has 12 heteroatoms. The van der Waals surface area contributed by atoms with E-state index < -0.39 is 6.09 Å². The van der Waals surface area contributed by atoms with E-state index in [1.54, 1.807) is 42.6 Å². The summed E-state index contributed by atoms with van der Waals surface area (Å²) in [5.41, 5.74) is 2.06. The van der Waals surface area contributed by atoms with E-state index in [1.807, 2.05) is 0 Å². The number of carbonyl (C=O) groups is 2. The summed E-state index contributed by atoms with van der Waals surface area (Å²) >= 11 is 7.24. The van der Waals surface area contributed by atoms with Crippen molar-refractivity contribution in [3.8, 4) is 22.8 Å². The van der Waals surface area contributed by atoms with Crippen LogP contribution in [0.25, 0.3) is 22.3 Å². The lowest BCUT2D eigenvalue weighted by atomic mass is 10.1. The lowest BCUT2D eigenvalue weighted by Crippen LogP contribution is -2.33. The highest BCUT2D eigenvalue weighted by Crippen LogP contribution is 2.35. The minimum atomic E-state index is -1.15. The minimum Gasteiger partial charge on any atom is -0.503 e. The number of hydrogen-bond donors (Lipinski definition) is 4. The van der Waals surface area contributed by atoms with E-state index >= 15 is 0 Å². The number of halogens is 1. The van der Waals surface area contributed by atoms with Gasteiger partial charge in [0.1, 0.15) is 0 Å². The van der Waals surface area contributed by atoms with Gasteiger partial charge >= 0.3 is 6.09 Å². The average Bonchev–Trinajstić information content (AvgIpc) is 3.38. The van der Waals surface area contributed by atoms with Gasteiger partial charge in [0.2, 0.25) is 0 Å². The lowest BCUT2D eigenvalue weighted by Gasteiger charge is -2.06. The van der Waals surface area contributed by atoms with Crippen molar-refractivity contribution in [1.29, 1.82) is 0 Å². The van der Waals surface area contributed by atoms with Gasteiger partial charge in [-0.3, -0.25) is 14.0 Å². The first-order chi connectivity index (χ1) is 16.8. The molecule has 0 bridgehead atoms. The number of phenols is 1. The summed E-state index contributed by atoms with van der Waals surface area (Å²) in [5, 5.41) is 23.3. The minimum absolute atomic E-state index is 0.106. The monoisotopic (exact) mass is 514 g/mol. The van der Waals surface area contributed by atoms with Crippen LogP contribution in [0.2, 0.25) is 5.02 Å². The number of benzene rings is 2. The molecular formula is C23H19ClN4O6S. The summed E-state index contributed by atoms with van der Waals surface area (Å²) in [5.74, 6) is -0.297. The molecule has 2 amide bonds. The van der Waals surface area contributed by atoms with Gasteiger partial charge in [-0.25, -0.2) is 9.78 Å². The number of hydrogen-bond acceptors (Lipinski definition) is 7. The predicted molar refractivity (Wildman–Crippen MR) is 132 cm³/mol. The van der Waals surface area contributed by atoms with Gasteiger partial charge in [0, 0.05) is 30.4 Å². The summed E-state index contributed by atoms with van der Waals surface area (Å²) in [6.07, 6.45) is 2.12. The molecule has 10 nitrogen and oxygen atoms in total. The molecule has 0 saturated heterocycles. The molecule has 4 rings (SSSR count). The van der Waals surface area contributed by atoms with E-state index in [2.05, 4.69) is 15.6 Å². The maximum Gasteiger partial charge on any atom is 0.404 e. The number of ether oxygens (including phenoxy) is 1. The maximum absolute atomic E-state index is 12.9. The van der Waals surface area contributed by atoms with Crippen LogP contribution in [0.4, 0.5) is 4.79 Å². The molecule has 2 heterocycles. The largest absolute Gasteiger partial charge is 0.503 e. The van der Waals surface area contributed by atoms with E-state index in [4.69, 9.17) is 21.4 Å². The van der Waals surface area contributed by atoms with E-state index in [1.165, 1.54) is 28.9 Å². The number of amides is 2. The Morgan fingerprint density at radius 1 is 1.20 bits per heavy atom. The summed E-state index contributed by atoms with van der Waals surface area (Å²) < 4.78 is 6.99. The number of fused-ring (bicyclic) bond motifs is 1. The third-order valence-corrected chi connectivity index (χ3v) is 6.27. The Balaban J connectivity index is 1.54. The zero-order chi connectivity index (χ0) is 25.1. The molecule has 0 aliphatic carbocycles. The van der Waals surface area contributed by atoms with E-state index in [-0.39, 0.29) is 41.1 Å². The number of aromatic hydroxyl groups is 1. The maximum atomic E-state index is 12.9. The number of thiazole rings is 1. The van der Waals surface area contributed by atoms with Crippen molar-refractivity contribution in [2.45, 2.75) is 0 Å². The van der Waals surface area contributed by atoms with Gasteiger partial charge in [0.25, 0.3) is 11.5 Å². The van der Waals surface area contributed by atoms with Crippen LogP contribution in [0.15, 0.2) is 47.4 Å².